The highest BCUT2D eigenvalue weighted by Crippen LogP contribution is 2.33. The van der Waals surface area contributed by atoms with Gasteiger partial charge in [-0.1, -0.05) is 23.9 Å². The average molecular weight is 324 g/mol. The van der Waals surface area contributed by atoms with Gasteiger partial charge < -0.3 is 10.0 Å². The van der Waals surface area contributed by atoms with Gasteiger partial charge in [0.15, 0.2) is 0 Å². The van der Waals surface area contributed by atoms with Crippen molar-refractivity contribution in [1.29, 1.82) is 5.26 Å². The maximum Gasteiger partial charge on any atom is 0.227 e. The molecule has 5 heteroatoms. The number of nitriles is 1. The van der Waals surface area contributed by atoms with Crippen LogP contribution in [0.25, 0.3) is 0 Å². The van der Waals surface area contributed by atoms with E-state index in [2.05, 4.69) is 6.07 Å². The Hall–Kier alpha value is -2.29. The third-order valence-electron chi connectivity index (χ3n) is 3.78. The Balaban J connectivity index is 1.88. The van der Waals surface area contributed by atoms with Crippen LogP contribution in [0.2, 0.25) is 0 Å². The van der Waals surface area contributed by atoms with Crippen LogP contribution in [0.15, 0.2) is 52.3 Å². The van der Waals surface area contributed by atoms with Gasteiger partial charge in [0.2, 0.25) is 5.91 Å². The number of rotatable bonds is 4. The predicted octanol–water partition coefficient (Wildman–Crippen LogP) is 3.33. The third-order valence-corrected chi connectivity index (χ3v) is 4.84. The van der Waals surface area contributed by atoms with E-state index in [1.807, 2.05) is 36.4 Å². The monoisotopic (exact) mass is 324 g/mol. The summed E-state index contributed by atoms with van der Waals surface area (Å²) < 4.78 is 0. The zero-order chi connectivity index (χ0) is 16.2. The highest BCUT2D eigenvalue weighted by Gasteiger charge is 2.22. The Bertz CT molecular complexity index is 783. The van der Waals surface area contributed by atoms with Gasteiger partial charge in [0.25, 0.3) is 0 Å². The molecule has 0 spiro atoms. The van der Waals surface area contributed by atoms with Crippen LogP contribution in [-0.4, -0.2) is 17.6 Å². The zero-order valence-corrected chi connectivity index (χ0v) is 13.3. The van der Waals surface area contributed by atoms with Crippen molar-refractivity contribution in [3.63, 3.8) is 0 Å². The van der Waals surface area contributed by atoms with Crippen molar-refractivity contribution in [1.82, 2.24) is 0 Å². The standard InChI is InChI=1S/C18H16N2O2S/c19-11-14-10-15(20-8-2-5-18(20)22)6-7-17(14)23-16-4-1-3-13(9-16)12-21/h1,3-4,6-7,9-10,21H,2,5,8,12H2. The fourth-order valence-corrected chi connectivity index (χ4v) is 3.58. The molecular weight excluding hydrogens is 308 g/mol. The number of amides is 1. The van der Waals surface area contributed by atoms with Gasteiger partial charge in [-0.2, -0.15) is 5.26 Å². The molecule has 3 rings (SSSR count). The minimum absolute atomic E-state index is 0.00445. The fraction of sp³-hybridized carbons (Fsp3) is 0.222. The van der Waals surface area contributed by atoms with Gasteiger partial charge in [-0.05, 0) is 42.3 Å². The van der Waals surface area contributed by atoms with Crippen molar-refractivity contribution >= 4 is 23.4 Å². The van der Waals surface area contributed by atoms with E-state index in [9.17, 15) is 15.2 Å². The van der Waals surface area contributed by atoms with E-state index in [1.165, 1.54) is 11.8 Å². The van der Waals surface area contributed by atoms with Gasteiger partial charge in [0, 0.05) is 28.4 Å². The lowest BCUT2D eigenvalue weighted by atomic mass is 10.2. The molecule has 1 amide bonds. The Morgan fingerprint density at radius 1 is 1.26 bits per heavy atom. The van der Waals surface area contributed by atoms with Gasteiger partial charge in [-0.15, -0.1) is 0 Å². The molecule has 116 valence electrons. The van der Waals surface area contributed by atoms with Gasteiger partial charge in [0.05, 0.1) is 12.2 Å². The van der Waals surface area contributed by atoms with Crippen molar-refractivity contribution in [3.8, 4) is 6.07 Å². The second kappa shape index (κ2) is 6.86. The lowest BCUT2D eigenvalue weighted by molar-refractivity contribution is -0.117. The number of anilines is 1. The number of hydrogen-bond donors (Lipinski definition) is 1. The molecule has 2 aromatic carbocycles. The molecule has 0 aromatic heterocycles. The first-order valence-corrected chi connectivity index (χ1v) is 8.25. The molecule has 0 saturated carbocycles. The van der Waals surface area contributed by atoms with Crippen LogP contribution in [0, 0.1) is 11.3 Å². The molecule has 0 atom stereocenters. The Morgan fingerprint density at radius 3 is 2.83 bits per heavy atom. The maximum absolute atomic E-state index is 11.8. The molecule has 1 fully saturated rings. The topological polar surface area (TPSA) is 64.3 Å². The highest BCUT2D eigenvalue weighted by atomic mass is 32.2. The van der Waals surface area contributed by atoms with Crippen molar-refractivity contribution in [2.24, 2.45) is 0 Å². The molecule has 0 radical (unpaired) electrons. The smallest absolute Gasteiger partial charge is 0.227 e. The second-order valence-corrected chi connectivity index (χ2v) is 6.46. The van der Waals surface area contributed by atoms with Crippen LogP contribution in [0.5, 0.6) is 0 Å². The molecule has 1 heterocycles. The Morgan fingerprint density at radius 2 is 2.13 bits per heavy atom. The molecule has 0 unspecified atom stereocenters. The minimum atomic E-state index is -0.00445. The molecule has 1 saturated heterocycles. The van der Waals surface area contributed by atoms with Gasteiger partial charge in [-0.25, -0.2) is 0 Å². The van der Waals surface area contributed by atoms with E-state index >= 15 is 0 Å². The van der Waals surface area contributed by atoms with E-state index in [4.69, 9.17) is 0 Å². The largest absolute Gasteiger partial charge is 0.392 e. The quantitative estimate of drug-likeness (QED) is 0.937. The van der Waals surface area contributed by atoms with Crippen LogP contribution in [0.4, 0.5) is 5.69 Å². The van der Waals surface area contributed by atoms with Crippen LogP contribution in [-0.2, 0) is 11.4 Å². The molecule has 4 nitrogen and oxygen atoms in total. The van der Waals surface area contributed by atoms with E-state index in [-0.39, 0.29) is 12.5 Å². The molecule has 1 aliphatic heterocycles. The molecule has 1 N–H and O–H groups in total. The summed E-state index contributed by atoms with van der Waals surface area (Å²) in [7, 11) is 0. The van der Waals surface area contributed by atoms with Crippen LogP contribution >= 0.6 is 11.8 Å². The first kappa shape index (κ1) is 15.6. The van der Waals surface area contributed by atoms with Crippen molar-refractivity contribution in [3.05, 3.63) is 53.6 Å². The minimum Gasteiger partial charge on any atom is -0.392 e. The summed E-state index contributed by atoms with van der Waals surface area (Å²) in [4.78, 5) is 15.4. The van der Waals surface area contributed by atoms with Crippen LogP contribution < -0.4 is 4.90 Å². The summed E-state index contributed by atoms with van der Waals surface area (Å²) in [6, 6.07) is 15.4. The maximum atomic E-state index is 11.8. The summed E-state index contributed by atoms with van der Waals surface area (Å²) in [5.41, 5.74) is 2.19. The summed E-state index contributed by atoms with van der Waals surface area (Å²) >= 11 is 1.48. The fourth-order valence-electron chi connectivity index (χ4n) is 2.62. The molecule has 1 aliphatic rings. The summed E-state index contributed by atoms with van der Waals surface area (Å²) in [5.74, 6) is 0.116. The number of hydrogen-bond acceptors (Lipinski definition) is 4. The Kier molecular flexibility index (Phi) is 4.65. The van der Waals surface area contributed by atoms with E-state index < -0.39 is 0 Å². The number of carbonyl (C=O) groups is 1. The normalized spacial score (nSPS) is 14.1. The number of aliphatic hydroxyl groups excluding tert-OH is 1. The average Bonchev–Trinajstić information content (AvgIpc) is 3.01. The number of aliphatic hydroxyl groups is 1. The van der Waals surface area contributed by atoms with Gasteiger partial charge in [-0.3, -0.25) is 4.79 Å². The Labute approximate surface area is 139 Å². The second-order valence-electron chi connectivity index (χ2n) is 5.35. The van der Waals surface area contributed by atoms with Crippen molar-refractivity contribution in [2.75, 3.05) is 11.4 Å². The summed E-state index contributed by atoms with van der Waals surface area (Å²) in [6.45, 7) is 0.713. The summed E-state index contributed by atoms with van der Waals surface area (Å²) in [6.07, 6.45) is 1.44. The SMILES string of the molecule is N#Cc1cc(N2CCCC2=O)ccc1Sc1cccc(CO)c1. The molecule has 0 bridgehead atoms. The molecule has 23 heavy (non-hydrogen) atoms. The lowest BCUT2D eigenvalue weighted by Gasteiger charge is -2.16. The predicted molar refractivity (Wildman–Crippen MR) is 89.2 cm³/mol. The number of nitrogens with zero attached hydrogens (tertiary/aromatic N) is 2. The highest BCUT2D eigenvalue weighted by molar-refractivity contribution is 7.99. The molecular formula is C18H16N2O2S. The van der Waals surface area contributed by atoms with Gasteiger partial charge >= 0.3 is 0 Å². The number of carbonyl (C=O) groups excluding carboxylic acids is 1. The van der Waals surface area contributed by atoms with Crippen LogP contribution in [0.1, 0.15) is 24.0 Å². The van der Waals surface area contributed by atoms with E-state index in [0.717, 1.165) is 34.0 Å². The van der Waals surface area contributed by atoms with Crippen LogP contribution in [0.3, 0.4) is 0 Å². The molecule has 2 aromatic rings. The number of benzene rings is 2. The lowest BCUT2D eigenvalue weighted by Crippen LogP contribution is -2.23. The van der Waals surface area contributed by atoms with E-state index in [1.54, 1.807) is 11.0 Å². The molecule has 0 aliphatic carbocycles. The first-order valence-electron chi connectivity index (χ1n) is 7.43. The van der Waals surface area contributed by atoms with Gasteiger partial charge in [0.1, 0.15) is 6.07 Å². The first-order chi connectivity index (χ1) is 11.2. The third kappa shape index (κ3) is 3.39. The zero-order valence-electron chi connectivity index (χ0n) is 12.5. The van der Waals surface area contributed by atoms with Crippen molar-refractivity contribution < 1.29 is 9.90 Å². The van der Waals surface area contributed by atoms with E-state index in [0.29, 0.717) is 12.0 Å². The van der Waals surface area contributed by atoms with Crippen molar-refractivity contribution in [2.45, 2.75) is 29.2 Å². The summed E-state index contributed by atoms with van der Waals surface area (Å²) in [5, 5.41) is 18.6.